The normalized spacial score (nSPS) is 31.1. The van der Waals surface area contributed by atoms with Crippen LogP contribution in [0.25, 0.3) is 0 Å². The van der Waals surface area contributed by atoms with Gasteiger partial charge in [0, 0.05) is 25.2 Å². The third-order valence-corrected chi connectivity index (χ3v) is 5.02. The van der Waals surface area contributed by atoms with Crippen LogP contribution < -0.4 is 5.32 Å². The number of nitrogens with zero attached hydrogens (tertiary/aromatic N) is 1. The third-order valence-electron chi connectivity index (χ3n) is 5.02. The van der Waals surface area contributed by atoms with Gasteiger partial charge in [0.1, 0.15) is 0 Å². The first-order chi connectivity index (χ1) is 9.26. The summed E-state index contributed by atoms with van der Waals surface area (Å²) in [5.74, 6) is 0.759. The second kappa shape index (κ2) is 7.61. The van der Waals surface area contributed by atoms with Gasteiger partial charge < -0.3 is 10.1 Å². The van der Waals surface area contributed by atoms with E-state index in [0.29, 0.717) is 18.2 Å². The van der Waals surface area contributed by atoms with E-state index < -0.39 is 0 Å². The predicted octanol–water partition coefficient (Wildman–Crippen LogP) is 2.65. The maximum Gasteiger partial charge on any atom is 0.0730 e. The van der Waals surface area contributed by atoms with Gasteiger partial charge in [-0.3, -0.25) is 4.90 Å². The summed E-state index contributed by atoms with van der Waals surface area (Å²) in [6.45, 7) is 11.4. The van der Waals surface area contributed by atoms with E-state index in [1.807, 2.05) is 0 Å². The van der Waals surface area contributed by atoms with Crippen molar-refractivity contribution in [1.82, 2.24) is 10.2 Å². The van der Waals surface area contributed by atoms with Crippen LogP contribution in [-0.2, 0) is 4.74 Å². The molecule has 0 aromatic heterocycles. The maximum atomic E-state index is 5.92. The zero-order valence-electron chi connectivity index (χ0n) is 13.0. The van der Waals surface area contributed by atoms with Crippen LogP contribution >= 0.6 is 0 Å². The summed E-state index contributed by atoms with van der Waals surface area (Å²) < 4.78 is 5.92. The molecular weight excluding hydrogens is 236 g/mol. The molecule has 1 aliphatic carbocycles. The molecule has 4 atom stereocenters. The zero-order chi connectivity index (χ0) is 13.7. The lowest BCUT2D eigenvalue weighted by atomic mass is 9.97. The van der Waals surface area contributed by atoms with Gasteiger partial charge in [-0.2, -0.15) is 0 Å². The molecule has 1 saturated heterocycles. The van der Waals surface area contributed by atoms with Crippen LogP contribution in [0.15, 0.2) is 0 Å². The van der Waals surface area contributed by atoms with Crippen molar-refractivity contribution in [2.24, 2.45) is 5.92 Å². The fourth-order valence-electron chi connectivity index (χ4n) is 3.54. The van der Waals surface area contributed by atoms with Gasteiger partial charge in [0.05, 0.1) is 12.7 Å². The van der Waals surface area contributed by atoms with Crippen molar-refractivity contribution in [2.45, 2.75) is 71.1 Å². The summed E-state index contributed by atoms with van der Waals surface area (Å²) in [7, 11) is 0. The first-order valence-corrected chi connectivity index (χ1v) is 8.35. The second-order valence-electron chi connectivity index (χ2n) is 6.35. The largest absolute Gasteiger partial charge is 0.375 e. The summed E-state index contributed by atoms with van der Waals surface area (Å²) in [4.78, 5) is 2.71. The molecule has 4 unspecified atom stereocenters. The van der Waals surface area contributed by atoms with Gasteiger partial charge in [-0.1, -0.05) is 27.2 Å². The Bertz CT molecular complexity index is 259. The van der Waals surface area contributed by atoms with Crippen molar-refractivity contribution in [1.29, 1.82) is 0 Å². The van der Waals surface area contributed by atoms with E-state index in [-0.39, 0.29) is 0 Å². The minimum Gasteiger partial charge on any atom is -0.375 e. The van der Waals surface area contributed by atoms with Crippen molar-refractivity contribution in [2.75, 3.05) is 26.2 Å². The highest BCUT2D eigenvalue weighted by Crippen LogP contribution is 2.30. The van der Waals surface area contributed by atoms with Gasteiger partial charge in [-0.25, -0.2) is 0 Å². The van der Waals surface area contributed by atoms with Crippen LogP contribution in [0.3, 0.4) is 0 Å². The zero-order valence-corrected chi connectivity index (χ0v) is 13.0. The lowest BCUT2D eigenvalue weighted by Gasteiger charge is -2.40. The van der Waals surface area contributed by atoms with Crippen LogP contribution in [0.2, 0.25) is 0 Å². The Kier molecular flexibility index (Phi) is 6.11. The highest BCUT2D eigenvalue weighted by molar-refractivity contribution is 4.91. The first-order valence-electron chi connectivity index (χ1n) is 8.35. The molecule has 2 fully saturated rings. The summed E-state index contributed by atoms with van der Waals surface area (Å²) in [6.07, 6.45) is 6.98. The molecule has 1 heterocycles. The summed E-state index contributed by atoms with van der Waals surface area (Å²) in [5.41, 5.74) is 0. The Labute approximate surface area is 119 Å². The number of hydrogen-bond acceptors (Lipinski definition) is 3. The molecule has 1 aliphatic heterocycles. The van der Waals surface area contributed by atoms with Crippen LogP contribution in [-0.4, -0.2) is 49.3 Å². The van der Waals surface area contributed by atoms with E-state index in [4.69, 9.17) is 4.74 Å². The fraction of sp³-hybridized carbons (Fsp3) is 1.00. The van der Waals surface area contributed by atoms with Gasteiger partial charge in [0.15, 0.2) is 0 Å². The molecular formula is C16H32N2O. The molecule has 0 bridgehead atoms. The molecule has 2 aliphatic rings. The number of nitrogens with one attached hydrogen (secondary N) is 1. The van der Waals surface area contributed by atoms with Gasteiger partial charge in [-0.05, 0) is 38.1 Å². The Morgan fingerprint density at radius 2 is 2.16 bits per heavy atom. The van der Waals surface area contributed by atoms with E-state index in [1.165, 1.54) is 38.6 Å². The van der Waals surface area contributed by atoms with Crippen molar-refractivity contribution >= 4 is 0 Å². The lowest BCUT2D eigenvalue weighted by Crippen LogP contribution is -2.54. The summed E-state index contributed by atoms with van der Waals surface area (Å²) in [6, 6.07) is 1.34. The Hall–Kier alpha value is -0.120. The molecule has 3 heteroatoms. The molecule has 0 spiro atoms. The minimum atomic E-state index is 0.525. The van der Waals surface area contributed by atoms with Gasteiger partial charge in [-0.15, -0.1) is 0 Å². The van der Waals surface area contributed by atoms with E-state index in [0.717, 1.165) is 25.6 Å². The van der Waals surface area contributed by atoms with E-state index in [9.17, 15) is 0 Å². The van der Waals surface area contributed by atoms with Crippen LogP contribution in [0.4, 0.5) is 0 Å². The van der Waals surface area contributed by atoms with E-state index >= 15 is 0 Å². The molecule has 19 heavy (non-hydrogen) atoms. The Morgan fingerprint density at radius 1 is 1.32 bits per heavy atom. The molecule has 2 rings (SSSR count). The summed E-state index contributed by atoms with van der Waals surface area (Å²) in [5, 5.41) is 3.76. The molecule has 3 nitrogen and oxygen atoms in total. The lowest BCUT2D eigenvalue weighted by molar-refractivity contribution is -0.0597. The molecule has 1 saturated carbocycles. The van der Waals surface area contributed by atoms with Crippen LogP contribution in [0, 0.1) is 5.92 Å². The quantitative estimate of drug-likeness (QED) is 0.768. The highest BCUT2D eigenvalue weighted by Gasteiger charge is 2.37. The first kappa shape index (κ1) is 15.3. The number of ether oxygens (including phenoxy) is 1. The molecule has 0 aromatic carbocycles. The standard InChI is InChI=1S/C16H32N2O/c1-4-9-17-14(13(3)5-2)12-18-10-11-19-16-8-6-7-15(16)18/h13-17H,4-12H2,1-3H3. The second-order valence-corrected chi connectivity index (χ2v) is 6.35. The number of hydrogen-bond donors (Lipinski definition) is 1. The average molecular weight is 268 g/mol. The van der Waals surface area contributed by atoms with Crippen molar-refractivity contribution in [3.8, 4) is 0 Å². The SMILES string of the molecule is CCCNC(CN1CCOC2CCCC21)C(C)CC. The monoisotopic (exact) mass is 268 g/mol. The van der Waals surface area contributed by atoms with Crippen molar-refractivity contribution in [3.63, 3.8) is 0 Å². The molecule has 0 amide bonds. The third kappa shape index (κ3) is 3.93. The maximum absolute atomic E-state index is 5.92. The van der Waals surface area contributed by atoms with Crippen LogP contribution in [0.1, 0.15) is 52.9 Å². The Balaban J connectivity index is 1.91. The molecule has 0 radical (unpaired) electrons. The number of fused-ring (bicyclic) bond motifs is 1. The summed E-state index contributed by atoms with van der Waals surface area (Å²) >= 11 is 0. The van der Waals surface area contributed by atoms with Gasteiger partial charge in [0.2, 0.25) is 0 Å². The van der Waals surface area contributed by atoms with Crippen LogP contribution in [0.5, 0.6) is 0 Å². The Morgan fingerprint density at radius 3 is 2.89 bits per heavy atom. The van der Waals surface area contributed by atoms with Gasteiger partial charge >= 0.3 is 0 Å². The van der Waals surface area contributed by atoms with Gasteiger partial charge in [0.25, 0.3) is 0 Å². The van der Waals surface area contributed by atoms with E-state index in [2.05, 4.69) is 31.0 Å². The van der Waals surface area contributed by atoms with Crippen molar-refractivity contribution in [3.05, 3.63) is 0 Å². The average Bonchev–Trinajstić information content (AvgIpc) is 2.91. The highest BCUT2D eigenvalue weighted by atomic mass is 16.5. The minimum absolute atomic E-state index is 0.525. The molecule has 112 valence electrons. The predicted molar refractivity (Wildman–Crippen MR) is 80.5 cm³/mol. The topological polar surface area (TPSA) is 24.5 Å². The number of rotatable bonds is 7. The smallest absolute Gasteiger partial charge is 0.0730 e. The van der Waals surface area contributed by atoms with E-state index in [1.54, 1.807) is 0 Å². The number of morpholine rings is 1. The van der Waals surface area contributed by atoms with Crippen molar-refractivity contribution < 1.29 is 4.74 Å². The molecule has 0 aromatic rings. The molecule has 1 N–H and O–H groups in total. The fourth-order valence-corrected chi connectivity index (χ4v) is 3.54.